The number of carbonyl (C=O) groups is 2. The molecule has 0 unspecified atom stereocenters. The van der Waals surface area contributed by atoms with E-state index in [0.717, 1.165) is 25.9 Å². The van der Waals surface area contributed by atoms with Crippen molar-refractivity contribution < 1.29 is 9.59 Å². The van der Waals surface area contributed by atoms with Gasteiger partial charge in [0.15, 0.2) is 0 Å². The fourth-order valence-corrected chi connectivity index (χ4v) is 2.66. The highest BCUT2D eigenvalue weighted by atomic mass is 16.2. The van der Waals surface area contributed by atoms with Crippen molar-refractivity contribution in [3.63, 3.8) is 0 Å². The van der Waals surface area contributed by atoms with E-state index in [0.29, 0.717) is 25.4 Å². The van der Waals surface area contributed by atoms with Crippen molar-refractivity contribution in [1.29, 1.82) is 0 Å². The lowest BCUT2D eigenvalue weighted by Crippen LogP contribution is -2.43. The molecule has 0 heterocycles. The maximum absolute atomic E-state index is 11.8. The maximum atomic E-state index is 11.8. The molecule has 0 atom stereocenters. The molecule has 5 heteroatoms. The Morgan fingerprint density at radius 3 is 2.35 bits per heavy atom. The molecule has 116 valence electrons. The number of nitrogens with zero attached hydrogens (tertiary/aromatic N) is 1. The molecule has 0 spiro atoms. The monoisotopic (exact) mass is 283 g/mol. The highest BCUT2D eigenvalue weighted by Crippen LogP contribution is 2.17. The summed E-state index contributed by atoms with van der Waals surface area (Å²) < 4.78 is 0. The van der Waals surface area contributed by atoms with Gasteiger partial charge in [-0.15, -0.1) is 0 Å². The third-order valence-electron chi connectivity index (χ3n) is 3.91. The molecule has 2 N–H and O–H groups in total. The molecule has 3 amide bonds. The zero-order valence-electron chi connectivity index (χ0n) is 12.9. The van der Waals surface area contributed by atoms with E-state index in [2.05, 4.69) is 10.6 Å². The number of rotatable bonds is 7. The minimum atomic E-state index is -0.0906. The normalized spacial score (nSPS) is 15.7. The van der Waals surface area contributed by atoms with Crippen LogP contribution in [0.4, 0.5) is 4.79 Å². The predicted octanol–water partition coefficient (Wildman–Crippen LogP) is 2.27. The minimum absolute atomic E-state index is 0.0906. The van der Waals surface area contributed by atoms with E-state index < -0.39 is 0 Å². The van der Waals surface area contributed by atoms with Crippen molar-refractivity contribution in [2.45, 2.75) is 64.8 Å². The second-order valence-electron chi connectivity index (χ2n) is 5.40. The van der Waals surface area contributed by atoms with E-state index in [1.54, 1.807) is 0 Å². The van der Waals surface area contributed by atoms with Gasteiger partial charge in [0.25, 0.3) is 0 Å². The van der Waals surface area contributed by atoms with Gasteiger partial charge in [0.1, 0.15) is 0 Å². The average Bonchev–Trinajstić information content (AvgIpc) is 2.46. The zero-order chi connectivity index (χ0) is 14.8. The Labute approximate surface area is 122 Å². The van der Waals surface area contributed by atoms with Crippen LogP contribution in [0.3, 0.4) is 0 Å². The molecule has 1 fully saturated rings. The van der Waals surface area contributed by atoms with Crippen LogP contribution in [0.2, 0.25) is 0 Å². The number of hydrogen-bond acceptors (Lipinski definition) is 2. The van der Waals surface area contributed by atoms with Crippen molar-refractivity contribution >= 4 is 11.9 Å². The lowest BCUT2D eigenvalue weighted by molar-refractivity contribution is -0.130. The summed E-state index contributed by atoms with van der Waals surface area (Å²) in [7, 11) is 0. The van der Waals surface area contributed by atoms with Gasteiger partial charge in [-0.25, -0.2) is 4.79 Å². The molecule has 1 aliphatic rings. The van der Waals surface area contributed by atoms with E-state index in [1.165, 1.54) is 19.3 Å². The number of urea groups is 1. The Balaban J connectivity index is 2.08. The molecule has 1 aliphatic carbocycles. The van der Waals surface area contributed by atoms with Crippen LogP contribution in [0.1, 0.15) is 58.8 Å². The standard InChI is InChI=1S/C15H29N3O2/c1-3-18(4-2)14(19)11-8-12-16-15(20)17-13-9-6-5-7-10-13/h13H,3-12H2,1-2H3,(H2,16,17,20). The molecular formula is C15H29N3O2. The molecule has 20 heavy (non-hydrogen) atoms. The average molecular weight is 283 g/mol. The first-order valence-corrected chi connectivity index (χ1v) is 7.99. The molecule has 0 aromatic heterocycles. The van der Waals surface area contributed by atoms with Crippen molar-refractivity contribution in [2.75, 3.05) is 19.6 Å². The number of nitrogens with one attached hydrogen (secondary N) is 2. The Morgan fingerprint density at radius 1 is 1.10 bits per heavy atom. The summed E-state index contributed by atoms with van der Waals surface area (Å²) in [6.45, 7) is 6.04. The molecule has 1 rings (SSSR count). The molecule has 5 nitrogen and oxygen atoms in total. The summed E-state index contributed by atoms with van der Waals surface area (Å²) in [6.07, 6.45) is 7.10. The summed E-state index contributed by atoms with van der Waals surface area (Å²) in [5, 5.41) is 5.85. The maximum Gasteiger partial charge on any atom is 0.315 e. The van der Waals surface area contributed by atoms with Gasteiger partial charge in [-0.2, -0.15) is 0 Å². The molecule has 1 saturated carbocycles. The molecule has 0 aromatic carbocycles. The summed E-state index contributed by atoms with van der Waals surface area (Å²) in [5.41, 5.74) is 0. The quantitative estimate of drug-likeness (QED) is 0.704. The van der Waals surface area contributed by atoms with Gasteiger partial charge in [-0.3, -0.25) is 4.79 Å². The minimum Gasteiger partial charge on any atom is -0.343 e. The van der Waals surface area contributed by atoms with Gasteiger partial charge in [-0.1, -0.05) is 19.3 Å². The number of hydrogen-bond donors (Lipinski definition) is 2. The fourth-order valence-electron chi connectivity index (χ4n) is 2.66. The van der Waals surface area contributed by atoms with Crippen LogP contribution in [0.25, 0.3) is 0 Å². The molecule has 0 aromatic rings. The molecule has 0 radical (unpaired) electrons. The van der Waals surface area contributed by atoms with Gasteiger partial charge in [0.2, 0.25) is 5.91 Å². The third kappa shape index (κ3) is 6.26. The highest BCUT2D eigenvalue weighted by molar-refractivity contribution is 5.76. The van der Waals surface area contributed by atoms with Gasteiger partial charge in [0, 0.05) is 32.1 Å². The largest absolute Gasteiger partial charge is 0.343 e. The summed E-state index contributed by atoms with van der Waals surface area (Å²) in [4.78, 5) is 25.3. The van der Waals surface area contributed by atoms with Gasteiger partial charge < -0.3 is 15.5 Å². The topological polar surface area (TPSA) is 61.4 Å². The Kier molecular flexibility index (Phi) is 8.07. The molecular weight excluding hydrogens is 254 g/mol. The number of amides is 3. The van der Waals surface area contributed by atoms with Crippen LogP contribution in [-0.4, -0.2) is 42.5 Å². The highest BCUT2D eigenvalue weighted by Gasteiger charge is 2.15. The van der Waals surface area contributed by atoms with Crippen LogP contribution in [0.5, 0.6) is 0 Å². The predicted molar refractivity (Wildman–Crippen MR) is 80.6 cm³/mol. The molecule has 0 aliphatic heterocycles. The third-order valence-corrected chi connectivity index (χ3v) is 3.91. The summed E-state index contributed by atoms with van der Waals surface area (Å²) in [5.74, 6) is 0.171. The summed E-state index contributed by atoms with van der Waals surface area (Å²) in [6, 6.07) is 0.244. The molecule has 0 bridgehead atoms. The first-order chi connectivity index (χ1) is 9.67. The SMILES string of the molecule is CCN(CC)C(=O)CCCNC(=O)NC1CCCCC1. The van der Waals surface area contributed by atoms with Crippen LogP contribution >= 0.6 is 0 Å². The molecule has 0 saturated heterocycles. The van der Waals surface area contributed by atoms with Gasteiger partial charge >= 0.3 is 6.03 Å². The lowest BCUT2D eigenvalue weighted by Gasteiger charge is -2.23. The first kappa shape index (κ1) is 16.8. The smallest absolute Gasteiger partial charge is 0.315 e. The van der Waals surface area contributed by atoms with Crippen LogP contribution in [0.15, 0.2) is 0 Å². The number of carbonyl (C=O) groups excluding carboxylic acids is 2. The second-order valence-corrected chi connectivity index (χ2v) is 5.40. The van der Waals surface area contributed by atoms with Crippen molar-refractivity contribution in [2.24, 2.45) is 0 Å². The van der Waals surface area contributed by atoms with E-state index >= 15 is 0 Å². The van der Waals surface area contributed by atoms with Crippen LogP contribution in [0, 0.1) is 0 Å². The first-order valence-electron chi connectivity index (χ1n) is 7.99. The van der Waals surface area contributed by atoms with E-state index in [4.69, 9.17) is 0 Å². The van der Waals surface area contributed by atoms with E-state index in [-0.39, 0.29) is 11.9 Å². The fraction of sp³-hybridized carbons (Fsp3) is 0.867. The lowest BCUT2D eigenvalue weighted by atomic mass is 9.96. The van der Waals surface area contributed by atoms with E-state index in [9.17, 15) is 9.59 Å². The Hall–Kier alpha value is -1.26. The van der Waals surface area contributed by atoms with E-state index in [1.807, 2.05) is 18.7 Å². The Bertz CT molecular complexity index is 297. The van der Waals surface area contributed by atoms with Gasteiger partial charge in [0.05, 0.1) is 0 Å². The van der Waals surface area contributed by atoms with Crippen LogP contribution < -0.4 is 10.6 Å². The van der Waals surface area contributed by atoms with Crippen molar-refractivity contribution in [1.82, 2.24) is 15.5 Å². The Morgan fingerprint density at radius 2 is 1.75 bits per heavy atom. The van der Waals surface area contributed by atoms with Gasteiger partial charge in [-0.05, 0) is 33.1 Å². The van der Waals surface area contributed by atoms with Crippen molar-refractivity contribution in [3.8, 4) is 0 Å². The summed E-state index contributed by atoms with van der Waals surface area (Å²) >= 11 is 0. The van der Waals surface area contributed by atoms with Crippen molar-refractivity contribution in [3.05, 3.63) is 0 Å². The van der Waals surface area contributed by atoms with Crippen LogP contribution in [-0.2, 0) is 4.79 Å². The second kappa shape index (κ2) is 9.61. The zero-order valence-corrected chi connectivity index (χ0v) is 12.9.